The zero-order chi connectivity index (χ0) is 6.62. The molecule has 0 saturated carbocycles. The van der Waals surface area contributed by atoms with E-state index in [1.165, 1.54) is 0 Å². The van der Waals surface area contributed by atoms with Crippen LogP contribution in [0.5, 0.6) is 0 Å². The molecule has 0 heterocycles. The summed E-state index contributed by atoms with van der Waals surface area (Å²) >= 11 is 0. The zero-order valence-corrected chi connectivity index (χ0v) is 6.12. The molecular formula is C7H16N. The monoisotopic (exact) mass is 114 g/mol. The minimum atomic E-state index is 0.280. The lowest BCUT2D eigenvalue weighted by Crippen LogP contribution is -2.38. The van der Waals surface area contributed by atoms with Crippen LogP contribution in [-0.2, 0) is 0 Å². The van der Waals surface area contributed by atoms with E-state index >= 15 is 0 Å². The van der Waals surface area contributed by atoms with Gasteiger partial charge in [-0.1, -0.05) is 6.92 Å². The van der Waals surface area contributed by atoms with Crippen LogP contribution in [0.4, 0.5) is 0 Å². The van der Waals surface area contributed by atoms with Crippen LogP contribution in [0.25, 0.3) is 0 Å². The fourth-order valence-corrected chi connectivity index (χ4v) is 0.463. The van der Waals surface area contributed by atoms with Crippen molar-refractivity contribution in [2.24, 2.45) is 0 Å². The molecule has 0 aliphatic rings. The Kier molecular flexibility index (Phi) is 3.06. The predicted octanol–water partition coefficient (Wildman–Crippen LogP) is 1.60. The van der Waals surface area contributed by atoms with Crippen LogP contribution in [-0.4, -0.2) is 12.1 Å². The number of rotatable bonds is 3. The van der Waals surface area contributed by atoms with Gasteiger partial charge in [0.25, 0.3) is 0 Å². The average molecular weight is 114 g/mol. The van der Waals surface area contributed by atoms with Gasteiger partial charge in [-0.05, 0) is 33.7 Å². The summed E-state index contributed by atoms with van der Waals surface area (Å²) in [7, 11) is 0. The van der Waals surface area contributed by atoms with Gasteiger partial charge in [0.15, 0.2) is 0 Å². The molecule has 8 heavy (non-hydrogen) atoms. The Morgan fingerprint density at radius 2 is 2.00 bits per heavy atom. The zero-order valence-electron chi connectivity index (χ0n) is 6.12. The Balaban J connectivity index is 3.37. The van der Waals surface area contributed by atoms with E-state index in [0.717, 1.165) is 13.0 Å². The van der Waals surface area contributed by atoms with Gasteiger partial charge in [-0.2, -0.15) is 0 Å². The van der Waals surface area contributed by atoms with Gasteiger partial charge in [-0.3, -0.25) is 0 Å². The third kappa shape index (κ3) is 3.03. The summed E-state index contributed by atoms with van der Waals surface area (Å²) in [5, 5.41) is 3.26. The van der Waals surface area contributed by atoms with Gasteiger partial charge in [0.2, 0.25) is 0 Å². The van der Waals surface area contributed by atoms with Crippen LogP contribution < -0.4 is 5.32 Å². The van der Waals surface area contributed by atoms with Gasteiger partial charge in [0.1, 0.15) is 0 Å². The Morgan fingerprint density at radius 1 is 1.50 bits per heavy atom. The van der Waals surface area contributed by atoms with E-state index in [-0.39, 0.29) is 5.54 Å². The van der Waals surface area contributed by atoms with Crippen molar-refractivity contribution in [3.8, 4) is 0 Å². The second kappa shape index (κ2) is 3.08. The smallest absolute Gasteiger partial charge is 0.0122 e. The van der Waals surface area contributed by atoms with E-state index in [0.29, 0.717) is 0 Å². The molecule has 0 aromatic carbocycles. The van der Waals surface area contributed by atoms with Gasteiger partial charge >= 0.3 is 0 Å². The fraction of sp³-hybridized carbons (Fsp3) is 0.857. The van der Waals surface area contributed by atoms with E-state index in [9.17, 15) is 0 Å². The summed E-state index contributed by atoms with van der Waals surface area (Å²) in [4.78, 5) is 0. The maximum atomic E-state index is 3.71. The van der Waals surface area contributed by atoms with Crippen LogP contribution in [0.15, 0.2) is 0 Å². The highest BCUT2D eigenvalue weighted by Gasteiger charge is 2.10. The first kappa shape index (κ1) is 7.96. The van der Waals surface area contributed by atoms with Gasteiger partial charge in [0, 0.05) is 5.54 Å². The first-order valence-corrected chi connectivity index (χ1v) is 3.16. The topological polar surface area (TPSA) is 12.0 Å². The molecule has 0 saturated heterocycles. The number of hydrogen-bond acceptors (Lipinski definition) is 1. The van der Waals surface area contributed by atoms with Crippen molar-refractivity contribution in [2.45, 2.75) is 32.7 Å². The Bertz CT molecular complexity index is 57.4. The van der Waals surface area contributed by atoms with E-state index in [1.807, 2.05) is 0 Å². The van der Waals surface area contributed by atoms with Gasteiger partial charge in [-0.15, -0.1) is 0 Å². The quantitative estimate of drug-likeness (QED) is 0.587. The van der Waals surface area contributed by atoms with Gasteiger partial charge < -0.3 is 5.32 Å². The molecule has 0 spiro atoms. The summed E-state index contributed by atoms with van der Waals surface area (Å²) in [6.07, 6.45) is 1.16. The van der Waals surface area contributed by atoms with Crippen molar-refractivity contribution >= 4 is 0 Å². The van der Waals surface area contributed by atoms with Crippen LogP contribution in [0.3, 0.4) is 0 Å². The Hall–Kier alpha value is -0.0400. The van der Waals surface area contributed by atoms with Crippen molar-refractivity contribution in [1.82, 2.24) is 5.32 Å². The molecule has 0 fully saturated rings. The first-order chi connectivity index (χ1) is 3.62. The normalized spacial score (nSPS) is 12.0. The summed E-state index contributed by atoms with van der Waals surface area (Å²) < 4.78 is 0. The van der Waals surface area contributed by atoms with Crippen molar-refractivity contribution in [3.05, 3.63) is 6.92 Å². The van der Waals surface area contributed by atoms with E-state index in [2.05, 4.69) is 33.0 Å². The third-order valence-electron chi connectivity index (χ3n) is 1.49. The molecule has 0 aliphatic heterocycles. The van der Waals surface area contributed by atoms with E-state index in [1.54, 1.807) is 0 Å². The largest absolute Gasteiger partial charge is 0.312 e. The minimum Gasteiger partial charge on any atom is -0.312 e. The number of hydrogen-bond donors (Lipinski definition) is 1. The summed E-state index contributed by atoms with van der Waals surface area (Å²) in [6.45, 7) is 11.1. The molecular weight excluding hydrogens is 98.1 g/mol. The maximum absolute atomic E-state index is 3.71. The SMILES string of the molecule is [CH2]CNC(C)(C)CC. The van der Waals surface area contributed by atoms with Crippen molar-refractivity contribution in [1.29, 1.82) is 0 Å². The average Bonchev–Trinajstić information content (AvgIpc) is 1.67. The molecule has 49 valence electrons. The van der Waals surface area contributed by atoms with Crippen LogP contribution in [0.2, 0.25) is 0 Å². The second-order valence-electron chi connectivity index (χ2n) is 2.66. The summed E-state index contributed by atoms with van der Waals surface area (Å²) in [5.74, 6) is 0. The molecule has 1 nitrogen and oxygen atoms in total. The van der Waals surface area contributed by atoms with Crippen LogP contribution in [0, 0.1) is 6.92 Å². The standard InChI is InChI=1S/C7H16N/c1-5-7(3,4)8-6-2/h8H,2,5-6H2,1,3-4H3. The van der Waals surface area contributed by atoms with Crippen molar-refractivity contribution < 1.29 is 0 Å². The van der Waals surface area contributed by atoms with Gasteiger partial charge in [0.05, 0.1) is 0 Å². The molecule has 1 N–H and O–H groups in total. The lowest BCUT2D eigenvalue weighted by molar-refractivity contribution is 0.394. The molecule has 0 unspecified atom stereocenters. The third-order valence-corrected chi connectivity index (χ3v) is 1.49. The second-order valence-corrected chi connectivity index (χ2v) is 2.66. The summed E-state index contributed by atoms with van der Waals surface area (Å²) in [6, 6.07) is 0. The molecule has 0 amide bonds. The number of nitrogens with one attached hydrogen (secondary N) is 1. The fourth-order valence-electron chi connectivity index (χ4n) is 0.463. The van der Waals surface area contributed by atoms with Gasteiger partial charge in [-0.25, -0.2) is 0 Å². The molecule has 0 bridgehead atoms. The lowest BCUT2D eigenvalue weighted by atomic mass is 10.0. The maximum Gasteiger partial charge on any atom is 0.0122 e. The highest BCUT2D eigenvalue weighted by molar-refractivity contribution is 4.74. The van der Waals surface area contributed by atoms with Crippen molar-refractivity contribution in [2.75, 3.05) is 6.54 Å². The highest BCUT2D eigenvalue weighted by Crippen LogP contribution is 2.04. The molecule has 0 aromatic heterocycles. The highest BCUT2D eigenvalue weighted by atomic mass is 14.9. The first-order valence-electron chi connectivity index (χ1n) is 3.16. The Labute approximate surface area is 52.5 Å². The minimum absolute atomic E-state index is 0.280. The predicted molar refractivity (Wildman–Crippen MR) is 37.7 cm³/mol. The molecule has 0 rings (SSSR count). The lowest BCUT2D eigenvalue weighted by Gasteiger charge is -2.23. The van der Waals surface area contributed by atoms with Crippen molar-refractivity contribution in [3.63, 3.8) is 0 Å². The molecule has 0 atom stereocenters. The molecule has 0 aromatic rings. The van der Waals surface area contributed by atoms with E-state index < -0.39 is 0 Å². The molecule has 1 heteroatoms. The Morgan fingerprint density at radius 3 is 2.12 bits per heavy atom. The van der Waals surface area contributed by atoms with Crippen LogP contribution in [0.1, 0.15) is 27.2 Å². The van der Waals surface area contributed by atoms with E-state index in [4.69, 9.17) is 0 Å². The molecule has 1 radical (unpaired) electrons. The van der Waals surface area contributed by atoms with Crippen LogP contribution >= 0.6 is 0 Å². The summed E-state index contributed by atoms with van der Waals surface area (Å²) in [5.41, 5.74) is 0.280. The molecule has 0 aliphatic carbocycles.